The summed E-state index contributed by atoms with van der Waals surface area (Å²) in [4.78, 5) is 24.8. The number of hydrogen-bond acceptors (Lipinski definition) is 4. The molecule has 29 heavy (non-hydrogen) atoms. The summed E-state index contributed by atoms with van der Waals surface area (Å²) in [5, 5.41) is 6.15. The second kappa shape index (κ2) is 7.85. The van der Waals surface area contributed by atoms with Gasteiger partial charge < -0.3 is 19.8 Å². The number of fused-ring (bicyclic) bond motifs is 1. The molecule has 0 radical (unpaired) electrons. The van der Waals surface area contributed by atoms with E-state index in [1.807, 2.05) is 19.1 Å². The molecule has 4 rings (SSSR count). The Morgan fingerprint density at radius 2 is 1.93 bits per heavy atom. The average Bonchev–Trinajstić information content (AvgIpc) is 3.13. The van der Waals surface area contributed by atoms with Gasteiger partial charge in [0, 0.05) is 10.6 Å². The highest BCUT2D eigenvalue weighted by atomic mass is 35.5. The molecular weight excluding hydrogens is 392 g/mol. The normalized spacial score (nSPS) is 14.1. The van der Waals surface area contributed by atoms with Gasteiger partial charge in [0.25, 0.3) is 11.8 Å². The van der Waals surface area contributed by atoms with Crippen LogP contribution in [0.3, 0.4) is 0 Å². The van der Waals surface area contributed by atoms with E-state index in [0.717, 1.165) is 11.3 Å². The molecule has 2 heterocycles. The molecule has 0 fully saturated rings. The summed E-state index contributed by atoms with van der Waals surface area (Å²) < 4.78 is 11.2. The number of ether oxygens (including phenoxy) is 1. The Morgan fingerprint density at radius 3 is 2.66 bits per heavy atom. The lowest BCUT2D eigenvalue weighted by Gasteiger charge is -2.20. The van der Waals surface area contributed by atoms with Crippen LogP contribution in [-0.4, -0.2) is 11.8 Å². The van der Waals surface area contributed by atoms with E-state index in [-0.39, 0.29) is 18.2 Å². The molecule has 146 valence electrons. The lowest BCUT2D eigenvalue weighted by atomic mass is 10.1. The summed E-state index contributed by atoms with van der Waals surface area (Å²) in [5.74, 6) is 1.40. The highest BCUT2D eigenvalue weighted by Crippen LogP contribution is 2.32. The van der Waals surface area contributed by atoms with Gasteiger partial charge in [-0.25, -0.2) is 0 Å². The Kier molecular flexibility index (Phi) is 5.10. The minimum absolute atomic E-state index is 0.158. The van der Waals surface area contributed by atoms with Crippen molar-refractivity contribution in [2.24, 2.45) is 0 Å². The van der Waals surface area contributed by atoms with Gasteiger partial charge in [0.15, 0.2) is 11.5 Å². The third-order valence-corrected chi connectivity index (χ3v) is 4.57. The van der Waals surface area contributed by atoms with Crippen molar-refractivity contribution in [3.8, 4) is 5.75 Å². The first-order valence-corrected chi connectivity index (χ1v) is 9.30. The van der Waals surface area contributed by atoms with Crippen LogP contribution in [0.5, 0.6) is 5.75 Å². The average molecular weight is 409 g/mol. The van der Waals surface area contributed by atoms with E-state index in [9.17, 15) is 9.59 Å². The molecule has 1 aliphatic heterocycles. The van der Waals surface area contributed by atoms with Gasteiger partial charge in [0.05, 0.1) is 12.2 Å². The Morgan fingerprint density at radius 1 is 1.14 bits per heavy atom. The van der Waals surface area contributed by atoms with E-state index in [1.165, 1.54) is 0 Å². The predicted molar refractivity (Wildman–Crippen MR) is 110 cm³/mol. The zero-order valence-electron chi connectivity index (χ0n) is 15.5. The van der Waals surface area contributed by atoms with E-state index in [1.54, 1.807) is 48.5 Å². The number of anilines is 1. The Balaban J connectivity index is 1.48. The zero-order valence-corrected chi connectivity index (χ0v) is 16.2. The monoisotopic (exact) mass is 408 g/mol. The SMILES string of the molecule is Cc1ccc(CNC(=O)c2ccc3c(c2)NC(=O)C(=Cc2ccc(Cl)cc2)O3)o1. The van der Waals surface area contributed by atoms with Crippen molar-refractivity contribution in [1.29, 1.82) is 0 Å². The smallest absolute Gasteiger partial charge is 0.291 e. The highest BCUT2D eigenvalue weighted by molar-refractivity contribution is 6.30. The van der Waals surface area contributed by atoms with Gasteiger partial charge in [-0.2, -0.15) is 0 Å². The lowest BCUT2D eigenvalue weighted by Crippen LogP contribution is -2.25. The number of amides is 2. The number of carbonyl (C=O) groups is 2. The number of nitrogens with one attached hydrogen (secondary N) is 2. The van der Waals surface area contributed by atoms with Crippen LogP contribution in [0.15, 0.2) is 64.8 Å². The topological polar surface area (TPSA) is 80.6 Å². The molecule has 7 heteroatoms. The number of rotatable bonds is 4. The molecule has 1 aromatic heterocycles. The third kappa shape index (κ3) is 4.33. The minimum Gasteiger partial charge on any atom is -0.465 e. The van der Waals surface area contributed by atoms with Gasteiger partial charge >= 0.3 is 0 Å². The van der Waals surface area contributed by atoms with E-state index in [0.29, 0.717) is 27.8 Å². The first-order valence-electron chi connectivity index (χ1n) is 8.92. The Bertz CT molecular complexity index is 1120. The Labute approximate surface area is 172 Å². The predicted octanol–water partition coefficient (Wildman–Crippen LogP) is 4.54. The summed E-state index contributed by atoms with van der Waals surface area (Å²) in [7, 11) is 0. The van der Waals surface area contributed by atoms with Crippen molar-refractivity contribution in [2.45, 2.75) is 13.5 Å². The molecule has 0 spiro atoms. The van der Waals surface area contributed by atoms with Crippen LogP contribution >= 0.6 is 11.6 Å². The molecule has 0 unspecified atom stereocenters. The third-order valence-electron chi connectivity index (χ3n) is 4.32. The molecule has 0 saturated heterocycles. The summed E-state index contributed by atoms with van der Waals surface area (Å²) in [6, 6.07) is 15.6. The standard InChI is InChI=1S/C22H17ClN2O4/c1-13-2-8-17(28-13)12-24-21(26)15-5-9-19-18(11-15)25-22(27)20(29-19)10-14-3-6-16(23)7-4-14/h2-11H,12H2,1H3,(H,24,26)(H,25,27). The summed E-state index contributed by atoms with van der Waals surface area (Å²) in [6.07, 6.45) is 1.63. The number of hydrogen-bond donors (Lipinski definition) is 2. The lowest BCUT2D eigenvalue weighted by molar-refractivity contribution is -0.115. The largest absolute Gasteiger partial charge is 0.465 e. The minimum atomic E-state index is -0.393. The molecular formula is C22H17ClN2O4. The van der Waals surface area contributed by atoms with Crippen LogP contribution in [0, 0.1) is 6.92 Å². The number of carbonyl (C=O) groups excluding carboxylic acids is 2. The molecule has 0 atom stereocenters. The van der Waals surface area contributed by atoms with E-state index in [2.05, 4.69) is 10.6 Å². The number of furan rings is 1. The van der Waals surface area contributed by atoms with Crippen molar-refractivity contribution < 1.29 is 18.7 Å². The van der Waals surface area contributed by atoms with E-state index in [4.69, 9.17) is 20.8 Å². The maximum absolute atomic E-state index is 12.4. The summed E-state index contributed by atoms with van der Waals surface area (Å²) in [5.41, 5.74) is 1.62. The number of benzene rings is 2. The molecule has 3 aromatic rings. The van der Waals surface area contributed by atoms with Crippen LogP contribution in [0.2, 0.25) is 5.02 Å². The van der Waals surface area contributed by atoms with Crippen LogP contribution < -0.4 is 15.4 Å². The summed E-state index contributed by atoms with van der Waals surface area (Å²) in [6.45, 7) is 2.12. The van der Waals surface area contributed by atoms with Gasteiger partial charge in [-0.15, -0.1) is 0 Å². The molecule has 2 amide bonds. The molecule has 1 aliphatic rings. The van der Waals surface area contributed by atoms with Crippen LogP contribution in [0.4, 0.5) is 5.69 Å². The van der Waals surface area contributed by atoms with Gasteiger partial charge in [-0.3, -0.25) is 9.59 Å². The Hall–Kier alpha value is -3.51. The van der Waals surface area contributed by atoms with Crippen LogP contribution in [0.25, 0.3) is 6.08 Å². The van der Waals surface area contributed by atoms with Gasteiger partial charge in [0.1, 0.15) is 11.5 Å². The van der Waals surface area contributed by atoms with Crippen LogP contribution in [0.1, 0.15) is 27.4 Å². The van der Waals surface area contributed by atoms with Crippen molar-refractivity contribution in [2.75, 3.05) is 5.32 Å². The number of aryl methyl sites for hydroxylation is 1. The van der Waals surface area contributed by atoms with E-state index >= 15 is 0 Å². The first kappa shape index (κ1) is 18.8. The zero-order chi connectivity index (χ0) is 20.4. The molecule has 6 nitrogen and oxygen atoms in total. The fraction of sp³-hybridized carbons (Fsp3) is 0.0909. The van der Waals surface area contributed by atoms with Crippen molar-refractivity contribution in [3.63, 3.8) is 0 Å². The van der Waals surface area contributed by atoms with E-state index < -0.39 is 5.91 Å². The van der Waals surface area contributed by atoms with Gasteiger partial charge in [-0.1, -0.05) is 23.7 Å². The number of halogens is 1. The van der Waals surface area contributed by atoms with Crippen molar-refractivity contribution in [3.05, 3.63) is 88.0 Å². The van der Waals surface area contributed by atoms with Gasteiger partial charge in [0.2, 0.25) is 0 Å². The molecule has 0 bridgehead atoms. The second-order valence-electron chi connectivity index (χ2n) is 6.52. The maximum atomic E-state index is 12.4. The van der Waals surface area contributed by atoms with Crippen molar-refractivity contribution >= 4 is 35.2 Å². The molecule has 0 saturated carbocycles. The van der Waals surface area contributed by atoms with Gasteiger partial charge in [-0.05, 0) is 61.0 Å². The van der Waals surface area contributed by atoms with Crippen molar-refractivity contribution in [1.82, 2.24) is 5.32 Å². The maximum Gasteiger partial charge on any atom is 0.291 e. The fourth-order valence-electron chi connectivity index (χ4n) is 2.86. The molecule has 2 aromatic carbocycles. The fourth-order valence-corrected chi connectivity index (χ4v) is 2.99. The molecule has 0 aliphatic carbocycles. The van der Waals surface area contributed by atoms with Crippen LogP contribution in [-0.2, 0) is 11.3 Å². The highest BCUT2D eigenvalue weighted by Gasteiger charge is 2.23. The first-order chi connectivity index (χ1) is 14.0. The molecule has 2 N–H and O–H groups in total. The quantitative estimate of drug-likeness (QED) is 0.621. The summed E-state index contributed by atoms with van der Waals surface area (Å²) >= 11 is 5.88. The second-order valence-corrected chi connectivity index (χ2v) is 6.96.